The molecule has 0 spiro atoms. The molecule has 10 heteroatoms. The van der Waals surface area contributed by atoms with Crippen molar-refractivity contribution in [2.24, 2.45) is 4.99 Å². The van der Waals surface area contributed by atoms with Gasteiger partial charge < -0.3 is 29.2 Å². The molecule has 1 fully saturated rings. The van der Waals surface area contributed by atoms with Crippen molar-refractivity contribution in [2.45, 2.75) is 65.5 Å². The van der Waals surface area contributed by atoms with Crippen LogP contribution in [0.25, 0.3) is 0 Å². The minimum atomic E-state index is -0.233. The molecule has 0 saturated carbocycles. The van der Waals surface area contributed by atoms with Gasteiger partial charge in [-0.1, -0.05) is 19.0 Å². The molecule has 0 unspecified atom stereocenters. The molecular formula is C23H36IN5O4. The Kier molecular flexibility index (Phi) is 11.6. The number of hydrogen-bond acceptors (Lipinski definition) is 6. The van der Waals surface area contributed by atoms with Crippen LogP contribution in [0.5, 0.6) is 0 Å². The third-order valence-corrected chi connectivity index (χ3v) is 5.61. The van der Waals surface area contributed by atoms with Crippen LogP contribution in [0.2, 0.25) is 0 Å². The third kappa shape index (κ3) is 7.94. The Hall–Kier alpha value is -2.24. The Bertz CT molecular complexity index is 839. The van der Waals surface area contributed by atoms with E-state index in [0.29, 0.717) is 32.8 Å². The number of hydrogen-bond donors (Lipinski definition) is 2. The fraction of sp³-hybridized carbons (Fsp3) is 0.609. The molecule has 3 rings (SSSR count). The van der Waals surface area contributed by atoms with Gasteiger partial charge in [0.15, 0.2) is 5.96 Å². The molecular weight excluding hydrogens is 537 g/mol. The van der Waals surface area contributed by atoms with Crippen molar-refractivity contribution in [1.29, 1.82) is 0 Å². The molecule has 184 valence electrons. The zero-order valence-electron chi connectivity index (χ0n) is 19.8. The van der Waals surface area contributed by atoms with Gasteiger partial charge in [-0.3, -0.25) is 0 Å². The summed E-state index contributed by atoms with van der Waals surface area (Å²) in [6.07, 6.45) is 5.50. The third-order valence-electron chi connectivity index (χ3n) is 5.61. The summed E-state index contributed by atoms with van der Waals surface area (Å²) >= 11 is 0. The Morgan fingerprint density at radius 3 is 2.70 bits per heavy atom. The van der Waals surface area contributed by atoms with Crippen LogP contribution in [0.3, 0.4) is 0 Å². The molecule has 9 nitrogen and oxygen atoms in total. The highest BCUT2D eigenvalue weighted by Crippen LogP contribution is 2.17. The largest absolute Gasteiger partial charge is 0.469 e. The number of rotatable bonds is 9. The smallest absolute Gasteiger partial charge is 0.409 e. The number of nitrogens with zero attached hydrogens (tertiary/aromatic N) is 3. The fourth-order valence-electron chi connectivity index (χ4n) is 3.80. The quantitative estimate of drug-likeness (QED) is 0.266. The lowest BCUT2D eigenvalue weighted by molar-refractivity contribution is 0.0963. The number of carbonyl (C=O) groups excluding carboxylic acids is 1. The number of ether oxygens (including phenoxy) is 1. The number of guanidine groups is 1. The highest BCUT2D eigenvalue weighted by atomic mass is 127. The van der Waals surface area contributed by atoms with Gasteiger partial charge in [-0.25, -0.2) is 9.79 Å². The van der Waals surface area contributed by atoms with Crippen LogP contribution in [0.1, 0.15) is 56.4 Å². The summed E-state index contributed by atoms with van der Waals surface area (Å²) < 4.78 is 16.0. The van der Waals surface area contributed by atoms with E-state index in [-0.39, 0.29) is 36.1 Å². The number of amides is 1. The maximum Gasteiger partial charge on any atom is 0.409 e. The lowest BCUT2D eigenvalue weighted by Crippen LogP contribution is -2.50. The van der Waals surface area contributed by atoms with Gasteiger partial charge in [0.05, 0.1) is 25.1 Å². The average Bonchev–Trinajstić information content (AvgIpc) is 3.47. The Balaban J connectivity index is 0.00000385. The van der Waals surface area contributed by atoms with Crippen LogP contribution in [0.15, 0.2) is 32.3 Å². The predicted octanol–water partition coefficient (Wildman–Crippen LogP) is 3.91. The maximum atomic E-state index is 12.0. The molecule has 0 atom stereocenters. The van der Waals surface area contributed by atoms with Crippen molar-refractivity contribution in [2.75, 3.05) is 26.2 Å². The molecule has 0 aromatic carbocycles. The summed E-state index contributed by atoms with van der Waals surface area (Å²) in [5, 5.41) is 11.2. The first-order valence-electron chi connectivity index (χ1n) is 11.6. The molecule has 2 N–H and O–H groups in total. The normalized spacial score (nSPS) is 14.6. The van der Waals surface area contributed by atoms with Gasteiger partial charge in [-0.05, 0) is 38.3 Å². The maximum absolute atomic E-state index is 12.0. The second kappa shape index (κ2) is 14.1. The van der Waals surface area contributed by atoms with Crippen LogP contribution in [-0.2, 0) is 30.5 Å². The van der Waals surface area contributed by atoms with E-state index in [9.17, 15) is 4.79 Å². The van der Waals surface area contributed by atoms with Crippen molar-refractivity contribution in [1.82, 2.24) is 20.7 Å². The van der Waals surface area contributed by atoms with Crippen LogP contribution < -0.4 is 10.6 Å². The fourth-order valence-corrected chi connectivity index (χ4v) is 3.80. The standard InChI is InChI=1S/C23H35N5O4.HI/c1-4-20-19(21(5-2)32-27-20)16-25-22(24-12-9-18-8-7-15-31-18)26-17-10-13-28(14-11-17)23(29)30-6-3;/h7-8,15,17H,4-6,9-14,16H2,1-3H3,(H2,24,25,26);1H. The summed E-state index contributed by atoms with van der Waals surface area (Å²) in [6.45, 7) is 8.90. The lowest BCUT2D eigenvalue weighted by atomic mass is 10.1. The van der Waals surface area contributed by atoms with Crippen LogP contribution in [0.4, 0.5) is 4.79 Å². The van der Waals surface area contributed by atoms with Crippen molar-refractivity contribution in [3.8, 4) is 0 Å². The SMILES string of the molecule is CCOC(=O)N1CCC(NC(=NCc2c(CC)noc2CC)NCCc2ccco2)CC1.I. The number of aromatic nitrogens is 1. The van der Waals surface area contributed by atoms with E-state index in [0.717, 1.165) is 60.8 Å². The van der Waals surface area contributed by atoms with Crippen molar-refractivity contribution >= 4 is 36.0 Å². The van der Waals surface area contributed by atoms with E-state index >= 15 is 0 Å². The van der Waals surface area contributed by atoms with E-state index in [4.69, 9.17) is 18.7 Å². The topological polar surface area (TPSA) is 105 Å². The highest BCUT2D eigenvalue weighted by Gasteiger charge is 2.24. The first-order chi connectivity index (χ1) is 15.6. The van der Waals surface area contributed by atoms with E-state index in [1.165, 1.54) is 0 Å². The number of aliphatic imine (C=N–C) groups is 1. The van der Waals surface area contributed by atoms with Crippen molar-refractivity contribution in [3.05, 3.63) is 41.2 Å². The summed E-state index contributed by atoms with van der Waals surface area (Å²) in [4.78, 5) is 18.6. The molecule has 2 aromatic heterocycles. The molecule has 1 aliphatic heterocycles. The van der Waals surface area contributed by atoms with Crippen molar-refractivity contribution < 1.29 is 18.5 Å². The summed E-state index contributed by atoms with van der Waals surface area (Å²) in [7, 11) is 0. The number of aryl methyl sites for hydroxylation is 2. The molecule has 2 aromatic rings. The van der Waals surface area contributed by atoms with Crippen molar-refractivity contribution in [3.63, 3.8) is 0 Å². The van der Waals surface area contributed by atoms with E-state index in [1.807, 2.05) is 19.1 Å². The van der Waals surface area contributed by atoms with Gasteiger partial charge in [0, 0.05) is 44.1 Å². The number of nitrogens with one attached hydrogen (secondary N) is 2. The van der Waals surface area contributed by atoms with Gasteiger partial charge >= 0.3 is 6.09 Å². The van der Waals surface area contributed by atoms with Gasteiger partial charge in [-0.15, -0.1) is 24.0 Å². The van der Waals surface area contributed by atoms with Gasteiger partial charge in [0.2, 0.25) is 0 Å². The second-order valence-corrected chi connectivity index (χ2v) is 7.76. The molecule has 0 aliphatic carbocycles. The predicted molar refractivity (Wildman–Crippen MR) is 137 cm³/mol. The van der Waals surface area contributed by atoms with Crippen LogP contribution in [-0.4, -0.2) is 54.4 Å². The zero-order valence-corrected chi connectivity index (χ0v) is 22.1. The summed E-state index contributed by atoms with van der Waals surface area (Å²) in [6, 6.07) is 4.09. The minimum Gasteiger partial charge on any atom is -0.469 e. The summed E-state index contributed by atoms with van der Waals surface area (Å²) in [5.74, 6) is 2.57. The Morgan fingerprint density at radius 2 is 2.06 bits per heavy atom. The lowest BCUT2D eigenvalue weighted by Gasteiger charge is -2.32. The Morgan fingerprint density at radius 1 is 1.27 bits per heavy atom. The minimum absolute atomic E-state index is 0. The Labute approximate surface area is 212 Å². The van der Waals surface area contributed by atoms with E-state index in [1.54, 1.807) is 11.2 Å². The molecule has 1 aliphatic rings. The van der Waals surface area contributed by atoms with E-state index in [2.05, 4.69) is 29.6 Å². The first kappa shape index (κ1) is 27.0. The zero-order chi connectivity index (χ0) is 22.8. The molecule has 0 radical (unpaired) electrons. The number of halogens is 1. The number of likely N-dealkylation sites (tertiary alicyclic amines) is 1. The first-order valence-corrected chi connectivity index (χ1v) is 11.6. The molecule has 3 heterocycles. The van der Waals surface area contributed by atoms with Gasteiger partial charge in [0.25, 0.3) is 0 Å². The average molecular weight is 573 g/mol. The van der Waals surface area contributed by atoms with Crippen LogP contribution in [0, 0.1) is 0 Å². The van der Waals surface area contributed by atoms with Crippen LogP contribution >= 0.6 is 24.0 Å². The van der Waals surface area contributed by atoms with E-state index < -0.39 is 0 Å². The molecule has 33 heavy (non-hydrogen) atoms. The summed E-state index contributed by atoms with van der Waals surface area (Å²) in [5.41, 5.74) is 2.03. The monoisotopic (exact) mass is 573 g/mol. The second-order valence-electron chi connectivity index (χ2n) is 7.76. The molecule has 1 saturated heterocycles. The molecule has 1 amide bonds. The number of carbonyl (C=O) groups is 1. The van der Waals surface area contributed by atoms with Gasteiger partial charge in [-0.2, -0.15) is 0 Å². The number of furan rings is 1. The molecule has 0 bridgehead atoms. The highest BCUT2D eigenvalue weighted by molar-refractivity contribution is 14.0. The van der Waals surface area contributed by atoms with Gasteiger partial charge in [0.1, 0.15) is 11.5 Å². The number of piperidine rings is 1.